The van der Waals surface area contributed by atoms with Crippen molar-refractivity contribution < 1.29 is 0 Å². The molecule has 0 saturated carbocycles. The van der Waals surface area contributed by atoms with Gasteiger partial charge in [-0.25, -0.2) is 9.67 Å². The second kappa shape index (κ2) is 5.81. The molecule has 0 aliphatic carbocycles. The van der Waals surface area contributed by atoms with Gasteiger partial charge in [0.2, 0.25) is 0 Å². The van der Waals surface area contributed by atoms with Crippen molar-refractivity contribution in [1.82, 2.24) is 19.3 Å². The van der Waals surface area contributed by atoms with Crippen LogP contribution in [0.2, 0.25) is 0 Å². The zero-order valence-corrected chi connectivity index (χ0v) is 13.1. The smallest absolute Gasteiger partial charge is 0.146 e. The Hall–Kier alpha value is -1.95. The lowest BCUT2D eigenvalue weighted by Crippen LogP contribution is -2.09. The number of nitrogens with two attached hydrogens (primary N) is 1. The molecule has 110 valence electrons. The number of aromatic nitrogens is 4. The second-order valence-electron chi connectivity index (χ2n) is 5.00. The van der Waals surface area contributed by atoms with E-state index in [1.165, 1.54) is 10.3 Å². The monoisotopic (exact) mass is 301 g/mol. The van der Waals surface area contributed by atoms with Gasteiger partial charge in [-0.15, -0.1) is 11.8 Å². The second-order valence-corrected chi connectivity index (χ2v) is 5.85. The van der Waals surface area contributed by atoms with Crippen LogP contribution in [0.15, 0.2) is 35.6 Å². The molecule has 2 heterocycles. The van der Waals surface area contributed by atoms with Crippen LogP contribution >= 0.6 is 11.8 Å². The maximum Gasteiger partial charge on any atom is 0.146 e. The normalized spacial score (nSPS) is 11.3. The van der Waals surface area contributed by atoms with Crippen LogP contribution in [0.5, 0.6) is 0 Å². The quantitative estimate of drug-likeness (QED) is 0.581. The lowest BCUT2D eigenvalue weighted by molar-refractivity contribution is 0.557. The van der Waals surface area contributed by atoms with Gasteiger partial charge in [-0.05, 0) is 30.9 Å². The molecular weight excluding hydrogens is 282 g/mol. The van der Waals surface area contributed by atoms with Crippen LogP contribution in [0, 0.1) is 0 Å². The average Bonchev–Trinajstić information content (AvgIpc) is 3.07. The van der Waals surface area contributed by atoms with Gasteiger partial charge < -0.3 is 10.3 Å². The maximum absolute atomic E-state index is 6.02. The predicted octanol–water partition coefficient (Wildman–Crippen LogP) is 3.00. The molecular formula is C15H19N5S. The lowest BCUT2D eigenvalue weighted by atomic mass is 10.2. The van der Waals surface area contributed by atoms with Gasteiger partial charge in [-0.2, -0.15) is 5.10 Å². The zero-order chi connectivity index (χ0) is 14.8. The van der Waals surface area contributed by atoms with Gasteiger partial charge in [0, 0.05) is 28.7 Å². The highest BCUT2D eigenvalue weighted by atomic mass is 32.2. The Morgan fingerprint density at radius 1 is 1.33 bits per heavy atom. The first kappa shape index (κ1) is 14.0. The molecule has 0 fully saturated rings. The van der Waals surface area contributed by atoms with Crippen molar-refractivity contribution in [1.29, 1.82) is 0 Å². The Labute approximate surface area is 128 Å². The summed E-state index contributed by atoms with van der Waals surface area (Å²) in [7, 11) is 0. The molecule has 5 nitrogen and oxygen atoms in total. The minimum atomic E-state index is 0.709. The minimum absolute atomic E-state index is 0.709. The molecule has 0 aliphatic heterocycles. The van der Waals surface area contributed by atoms with Gasteiger partial charge in [-0.3, -0.25) is 0 Å². The number of aryl methyl sites for hydroxylation is 1. The van der Waals surface area contributed by atoms with E-state index in [2.05, 4.69) is 40.1 Å². The largest absolute Gasteiger partial charge is 0.399 e. The molecule has 1 aromatic carbocycles. The van der Waals surface area contributed by atoms with Gasteiger partial charge in [-0.1, -0.05) is 6.92 Å². The van der Waals surface area contributed by atoms with Crippen molar-refractivity contribution in [2.24, 2.45) is 0 Å². The van der Waals surface area contributed by atoms with Crippen LogP contribution < -0.4 is 5.73 Å². The number of hydrogen-bond donors (Lipinski definition) is 1. The Kier molecular flexibility index (Phi) is 3.88. The molecule has 6 heteroatoms. The topological polar surface area (TPSA) is 61.7 Å². The standard InChI is InChI=1S/C15H19N5S/c1-3-5-20-15(17-10-18-20)9-19-6-4-12-13(19)7-11(16)8-14(12)21-2/h4,6-8,10H,3,5,9,16H2,1-2H3. The van der Waals surface area contributed by atoms with Crippen molar-refractivity contribution in [3.63, 3.8) is 0 Å². The fraction of sp³-hybridized carbons (Fsp3) is 0.333. The summed E-state index contributed by atoms with van der Waals surface area (Å²) in [4.78, 5) is 5.58. The van der Waals surface area contributed by atoms with E-state index in [1.54, 1.807) is 18.1 Å². The Morgan fingerprint density at radius 2 is 2.19 bits per heavy atom. The van der Waals surface area contributed by atoms with E-state index in [4.69, 9.17) is 5.73 Å². The summed E-state index contributed by atoms with van der Waals surface area (Å²) in [6, 6.07) is 6.19. The third-order valence-corrected chi connectivity index (χ3v) is 4.31. The summed E-state index contributed by atoms with van der Waals surface area (Å²) < 4.78 is 4.15. The number of rotatable bonds is 5. The summed E-state index contributed by atoms with van der Waals surface area (Å²) in [5.41, 5.74) is 7.96. The molecule has 0 radical (unpaired) electrons. The van der Waals surface area contributed by atoms with Gasteiger partial charge in [0.15, 0.2) is 0 Å². The molecule has 0 atom stereocenters. The zero-order valence-electron chi connectivity index (χ0n) is 12.3. The first-order chi connectivity index (χ1) is 10.2. The molecule has 0 spiro atoms. The number of nitrogen functional groups attached to an aromatic ring is 1. The summed E-state index contributed by atoms with van der Waals surface area (Å²) in [6.45, 7) is 3.75. The minimum Gasteiger partial charge on any atom is -0.399 e. The van der Waals surface area contributed by atoms with Crippen LogP contribution in [0.4, 0.5) is 5.69 Å². The molecule has 0 bridgehead atoms. The van der Waals surface area contributed by atoms with Gasteiger partial charge >= 0.3 is 0 Å². The third kappa shape index (κ3) is 2.63. The first-order valence-corrected chi connectivity index (χ1v) is 8.24. The molecule has 0 saturated heterocycles. The summed E-state index contributed by atoms with van der Waals surface area (Å²) in [6.07, 6.45) is 6.84. The maximum atomic E-state index is 6.02. The third-order valence-electron chi connectivity index (χ3n) is 3.54. The number of fused-ring (bicyclic) bond motifs is 1. The Balaban J connectivity index is 2.01. The van der Waals surface area contributed by atoms with E-state index in [1.807, 2.05) is 16.8 Å². The molecule has 0 amide bonds. The number of anilines is 1. The van der Waals surface area contributed by atoms with Crippen molar-refractivity contribution in [3.05, 3.63) is 36.5 Å². The van der Waals surface area contributed by atoms with Crippen molar-refractivity contribution in [3.8, 4) is 0 Å². The van der Waals surface area contributed by atoms with Gasteiger partial charge in [0.1, 0.15) is 12.2 Å². The highest BCUT2D eigenvalue weighted by Crippen LogP contribution is 2.30. The SMILES string of the molecule is CCCn1ncnc1Cn1ccc2c(SC)cc(N)cc21. The molecule has 3 aromatic rings. The predicted molar refractivity (Wildman–Crippen MR) is 87.5 cm³/mol. The average molecular weight is 301 g/mol. The molecule has 0 unspecified atom stereocenters. The van der Waals surface area contributed by atoms with Crippen molar-refractivity contribution in [2.75, 3.05) is 12.0 Å². The fourth-order valence-corrected chi connectivity index (χ4v) is 3.20. The Bertz CT molecular complexity index is 759. The van der Waals surface area contributed by atoms with Crippen LogP contribution in [0.3, 0.4) is 0 Å². The summed E-state index contributed by atoms with van der Waals surface area (Å²) >= 11 is 1.72. The summed E-state index contributed by atoms with van der Waals surface area (Å²) in [5, 5.41) is 5.52. The van der Waals surface area contributed by atoms with E-state index >= 15 is 0 Å². The van der Waals surface area contributed by atoms with Crippen LogP contribution in [-0.4, -0.2) is 25.6 Å². The van der Waals surface area contributed by atoms with Crippen molar-refractivity contribution >= 4 is 28.4 Å². The van der Waals surface area contributed by atoms with Gasteiger partial charge in [0.05, 0.1) is 12.1 Å². The first-order valence-electron chi connectivity index (χ1n) is 7.02. The highest BCUT2D eigenvalue weighted by Gasteiger charge is 2.10. The number of nitrogens with zero attached hydrogens (tertiary/aromatic N) is 4. The van der Waals surface area contributed by atoms with Crippen LogP contribution in [0.1, 0.15) is 19.2 Å². The highest BCUT2D eigenvalue weighted by molar-refractivity contribution is 7.98. The van der Waals surface area contributed by atoms with E-state index in [-0.39, 0.29) is 0 Å². The molecule has 2 N–H and O–H groups in total. The molecule has 2 aromatic heterocycles. The molecule has 21 heavy (non-hydrogen) atoms. The van der Waals surface area contributed by atoms with E-state index < -0.39 is 0 Å². The van der Waals surface area contributed by atoms with Crippen LogP contribution in [0.25, 0.3) is 10.9 Å². The summed E-state index contributed by atoms with van der Waals surface area (Å²) in [5.74, 6) is 0.975. The Morgan fingerprint density at radius 3 is 2.95 bits per heavy atom. The van der Waals surface area contributed by atoms with Gasteiger partial charge in [0.25, 0.3) is 0 Å². The fourth-order valence-electron chi connectivity index (χ4n) is 2.55. The number of thioether (sulfide) groups is 1. The molecule has 0 aliphatic rings. The lowest BCUT2D eigenvalue weighted by Gasteiger charge is -2.09. The number of benzene rings is 1. The van der Waals surface area contributed by atoms with E-state index in [9.17, 15) is 0 Å². The van der Waals surface area contributed by atoms with E-state index in [0.29, 0.717) is 6.54 Å². The number of hydrogen-bond acceptors (Lipinski definition) is 4. The van der Waals surface area contributed by atoms with Crippen molar-refractivity contribution in [2.45, 2.75) is 31.3 Å². The molecule has 3 rings (SSSR count). The van der Waals surface area contributed by atoms with Crippen LogP contribution in [-0.2, 0) is 13.1 Å². The van der Waals surface area contributed by atoms with E-state index in [0.717, 1.165) is 30.0 Å².